The second kappa shape index (κ2) is 7.35. The molecule has 20 heavy (non-hydrogen) atoms. The quantitative estimate of drug-likeness (QED) is 0.770. The van der Waals surface area contributed by atoms with Crippen LogP contribution < -0.4 is 5.32 Å². The smallest absolute Gasteiger partial charge is 0.254 e. The van der Waals surface area contributed by atoms with E-state index in [9.17, 15) is 17.6 Å². The lowest BCUT2D eigenvalue weighted by Crippen LogP contribution is -2.33. The van der Waals surface area contributed by atoms with Gasteiger partial charge in [-0.1, -0.05) is 19.1 Å². The summed E-state index contributed by atoms with van der Waals surface area (Å²) in [6, 6.07) is 5.72. The van der Waals surface area contributed by atoms with Gasteiger partial charge in [-0.2, -0.15) is 0 Å². The molecule has 0 spiro atoms. The summed E-state index contributed by atoms with van der Waals surface area (Å²) in [6.45, 7) is 2.76. The van der Waals surface area contributed by atoms with Gasteiger partial charge in [0.25, 0.3) is 5.91 Å². The fourth-order valence-electron chi connectivity index (χ4n) is 1.76. The average molecular weight is 302 g/mol. The Balaban J connectivity index is 2.42. The van der Waals surface area contributed by atoms with Crippen molar-refractivity contribution in [3.05, 3.63) is 35.6 Å². The molecule has 0 bridgehead atoms. The van der Waals surface area contributed by atoms with Crippen LogP contribution >= 0.6 is 0 Å². The van der Waals surface area contributed by atoms with Gasteiger partial charge in [0.15, 0.2) is 0 Å². The van der Waals surface area contributed by atoms with E-state index in [2.05, 4.69) is 5.32 Å². The number of rotatable bonds is 7. The topological polar surface area (TPSA) is 66.5 Å². The third-order valence-electron chi connectivity index (χ3n) is 2.81. The highest BCUT2D eigenvalue weighted by Crippen LogP contribution is 2.05. The SMILES string of the molecule is CCN(CCCNC(=O)c1ccccc1F)S(C)(=O)=O. The summed E-state index contributed by atoms with van der Waals surface area (Å²) in [5.41, 5.74) is -0.0111. The minimum atomic E-state index is -3.21. The van der Waals surface area contributed by atoms with Gasteiger partial charge in [0, 0.05) is 19.6 Å². The largest absolute Gasteiger partial charge is 0.352 e. The van der Waals surface area contributed by atoms with Gasteiger partial charge >= 0.3 is 0 Å². The zero-order valence-electron chi connectivity index (χ0n) is 11.6. The molecule has 112 valence electrons. The van der Waals surface area contributed by atoms with E-state index in [1.54, 1.807) is 13.0 Å². The third-order valence-corrected chi connectivity index (χ3v) is 4.19. The molecule has 0 atom stereocenters. The van der Waals surface area contributed by atoms with E-state index in [-0.39, 0.29) is 5.56 Å². The van der Waals surface area contributed by atoms with E-state index in [1.807, 2.05) is 0 Å². The summed E-state index contributed by atoms with van der Waals surface area (Å²) in [6.07, 6.45) is 1.62. The molecule has 1 aromatic carbocycles. The summed E-state index contributed by atoms with van der Waals surface area (Å²) in [7, 11) is -3.21. The zero-order valence-corrected chi connectivity index (χ0v) is 12.4. The van der Waals surface area contributed by atoms with Crippen LogP contribution in [0.1, 0.15) is 23.7 Å². The lowest BCUT2D eigenvalue weighted by molar-refractivity contribution is 0.0949. The van der Waals surface area contributed by atoms with Crippen LogP contribution in [-0.2, 0) is 10.0 Å². The molecule has 7 heteroatoms. The second-order valence-corrected chi connectivity index (χ2v) is 6.33. The molecule has 0 saturated carbocycles. The predicted octanol–water partition coefficient (Wildman–Crippen LogP) is 1.23. The second-order valence-electron chi connectivity index (χ2n) is 4.34. The number of carbonyl (C=O) groups excluding carboxylic acids is 1. The van der Waals surface area contributed by atoms with E-state index in [0.29, 0.717) is 26.1 Å². The van der Waals surface area contributed by atoms with Crippen molar-refractivity contribution in [2.75, 3.05) is 25.9 Å². The molecule has 0 aliphatic carbocycles. The molecular weight excluding hydrogens is 283 g/mol. The number of amides is 1. The number of carbonyl (C=O) groups is 1. The van der Waals surface area contributed by atoms with Gasteiger partial charge in [-0.25, -0.2) is 17.1 Å². The standard InChI is InChI=1S/C13H19FN2O3S/c1-3-16(20(2,18)19)10-6-9-15-13(17)11-7-4-5-8-12(11)14/h4-5,7-8H,3,6,9-10H2,1-2H3,(H,15,17). The van der Waals surface area contributed by atoms with Crippen molar-refractivity contribution >= 4 is 15.9 Å². The molecule has 0 unspecified atom stereocenters. The van der Waals surface area contributed by atoms with Crippen molar-refractivity contribution < 1.29 is 17.6 Å². The van der Waals surface area contributed by atoms with Crippen LogP contribution in [0.4, 0.5) is 4.39 Å². The molecule has 1 rings (SSSR count). The maximum atomic E-state index is 13.3. The average Bonchev–Trinajstić information content (AvgIpc) is 2.37. The van der Waals surface area contributed by atoms with Crippen LogP contribution in [0.3, 0.4) is 0 Å². The van der Waals surface area contributed by atoms with E-state index in [1.165, 1.54) is 22.5 Å². The highest BCUT2D eigenvalue weighted by atomic mass is 32.2. The molecule has 1 aromatic rings. The fraction of sp³-hybridized carbons (Fsp3) is 0.462. The van der Waals surface area contributed by atoms with Crippen LogP contribution in [0.5, 0.6) is 0 Å². The Morgan fingerprint density at radius 2 is 2.00 bits per heavy atom. The minimum Gasteiger partial charge on any atom is -0.352 e. The van der Waals surface area contributed by atoms with Gasteiger partial charge < -0.3 is 5.32 Å². The van der Waals surface area contributed by atoms with E-state index in [0.717, 1.165) is 6.26 Å². The summed E-state index contributed by atoms with van der Waals surface area (Å²) >= 11 is 0. The van der Waals surface area contributed by atoms with Gasteiger partial charge in [0.2, 0.25) is 10.0 Å². The van der Waals surface area contributed by atoms with Crippen molar-refractivity contribution in [3.63, 3.8) is 0 Å². The van der Waals surface area contributed by atoms with Crippen LogP contribution in [0.25, 0.3) is 0 Å². The molecular formula is C13H19FN2O3S. The van der Waals surface area contributed by atoms with Crippen molar-refractivity contribution in [1.29, 1.82) is 0 Å². The van der Waals surface area contributed by atoms with E-state index in [4.69, 9.17) is 0 Å². The molecule has 0 radical (unpaired) electrons. The van der Waals surface area contributed by atoms with Gasteiger partial charge in [0.05, 0.1) is 11.8 Å². The van der Waals surface area contributed by atoms with Crippen molar-refractivity contribution in [2.45, 2.75) is 13.3 Å². The first-order valence-electron chi connectivity index (χ1n) is 6.34. The third kappa shape index (κ3) is 4.90. The number of hydrogen-bond acceptors (Lipinski definition) is 3. The first-order valence-corrected chi connectivity index (χ1v) is 8.19. The van der Waals surface area contributed by atoms with E-state index < -0.39 is 21.7 Å². The maximum absolute atomic E-state index is 13.3. The van der Waals surface area contributed by atoms with Crippen molar-refractivity contribution in [2.24, 2.45) is 0 Å². The van der Waals surface area contributed by atoms with E-state index >= 15 is 0 Å². The number of nitrogens with one attached hydrogen (secondary N) is 1. The van der Waals surface area contributed by atoms with Crippen LogP contribution in [0, 0.1) is 5.82 Å². The summed E-state index contributed by atoms with van der Waals surface area (Å²) in [4.78, 5) is 11.7. The Morgan fingerprint density at radius 1 is 1.35 bits per heavy atom. The molecule has 0 saturated heterocycles. The maximum Gasteiger partial charge on any atom is 0.254 e. The first kappa shape index (κ1) is 16.6. The number of sulfonamides is 1. The Labute approximate surface area is 118 Å². The zero-order chi connectivity index (χ0) is 15.2. The van der Waals surface area contributed by atoms with Gasteiger partial charge in [-0.3, -0.25) is 4.79 Å². The Morgan fingerprint density at radius 3 is 2.55 bits per heavy atom. The summed E-state index contributed by atoms with van der Waals surface area (Å²) < 4.78 is 37.4. The molecule has 1 N–H and O–H groups in total. The Kier molecular flexibility index (Phi) is 6.09. The highest BCUT2D eigenvalue weighted by Gasteiger charge is 2.14. The molecule has 0 aromatic heterocycles. The van der Waals surface area contributed by atoms with Crippen LogP contribution in [0.15, 0.2) is 24.3 Å². The van der Waals surface area contributed by atoms with Crippen molar-refractivity contribution in [1.82, 2.24) is 9.62 Å². The Hall–Kier alpha value is -1.47. The summed E-state index contributed by atoms with van der Waals surface area (Å²) in [5.74, 6) is -1.07. The number of hydrogen-bond donors (Lipinski definition) is 1. The van der Waals surface area contributed by atoms with Gasteiger partial charge in [-0.15, -0.1) is 0 Å². The minimum absolute atomic E-state index is 0.0111. The first-order chi connectivity index (χ1) is 9.36. The molecule has 0 heterocycles. The highest BCUT2D eigenvalue weighted by molar-refractivity contribution is 7.88. The Bertz CT molecular complexity index is 560. The number of halogens is 1. The lowest BCUT2D eigenvalue weighted by Gasteiger charge is -2.17. The summed E-state index contributed by atoms with van der Waals surface area (Å²) in [5, 5.41) is 2.57. The van der Waals surface area contributed by atoms with Crippen molar-refractivity contribution in [3.8, 4) is 0 Å². The van der Waals surface area contributed by atoms with Crippen LogP contribution in [0.2, 0.25) is 0 Å². The van der Waals surface area contributed by atoms with Gasteiger partial charge in [0.1, 0.15) is 5.82 Å². The lowest BCUT2D eigenvalue weighted by atomic mass is 10.2. The number of benzene rings is 1. The molecule has 5 nitrogen and oxygen atoms in total. The van der Waals surface area contributed by atoms with Gasteiger partial charge in [-0.05, 0) is 18.6 Å². The molecule has 1 amide bonds. The monoisotopic (exact) mass is 302 g/mol. The van der Waals surface area contributed by atoms with Crippen LogP contribution in [-0.4, -0.2) is 44.5 Å². The predicted molar refractivity (Wildman–Crippen MR) is 75.4 cm³/mol. The molecule has 0 aliphatic heterocycles. The number of nitrogens with zero attached hydrogens (tertiary/aromatic N) is 1. The normalized spacial score (nSPS) is 11.6. The fourth-order valence-corrected chi connectivity index (χ4v) is 2.69. The molecule has 0 fully saturated rings. The molecule has 0 aliphatic rings.